The van der Waals surface area contributed by atoms with Crippen LogP contribution < -0.4 is 0 Å². The summed E-state index contributed by atoms with van der Waals surface area (Å²) >= 11 is 3.29. The Labute approximate surface area is 100 Å². The Hall–Kier alpha value is -0.940. The molecule has 3 nitrogen and oxygen atoms in total. The van der Waals surface area contributed by atoms with E-state index in [-0.39, 0.29) is 25.5 Å². The van der Waals surface area contributed by atoms with E-state index in [1.807, 2.05) is 0 Å². The van der Waals surface area contributed by atoms with E-state index >= 15 is 0 Å². The quantitative estimate of drug-likeness (QED) is 0.928. The third-order valence-electron chi connectivity index (χ3n) is 2.75. The SMILES string of the molecule is O=C(O)C1(Cc2cc(F)ccc2Br)COC1. The first-order chi connectivity index (χ1) is 7.53. The molecule has 1 aliphatic rings. The lowest BCUT2D eigenvalue weighted by Crippen LogP contribution is -2.50. The van der Waals surface area contributed by atoms with Crippen molar-refractivity contribution in [3.05, 3.63) is 34.1 Å². The number of carbonyl (C=O) groups is 1. The molecular weight excluding hydrogens is 279 g/mol. The Morgan fingerprint density at radius 3 is 2.75 bits per heavy atom. The van der Waals surface area contributed by atoms with Crippen molar-refractivity contribution >= 4 is 21.9 Å². The molecular formula is C11H10BrFO3. The highest BCUT2D eigenvalue weighted by Gasteiger charge is 2.46. The first kappa shape index (κ1) is 11.5. The van der Waals surface area contributed by atoms with Crippen molar-refractivity contribution in [2.24, 2.45) is 5.41 Å². The molecule has 0 unspecified atom stereocenters. The second-order valence-corrected chi connectivity index (χ2v) is 4.85. The van der Waals surface area contributed by atoms with Crippen molar-refractivity contribution in [1.29, 1.82) is 0 Å². The average molecular weight is 289 g/mol. The summed E-state index contributed by atoms with van der Waals surface area (Å²) < 4.78 is 18.7. The molecule has 0 aliphatic carbocycles. The van der Waals surface area contributed by atoms with Gasteiger partial charge in [-0.15, -0.1) is 0 Å². The number of rotatable bonds is 3. The van der Waals surface area contributed by atoms with Crippen LogP contribution in [0.15, 0.2) is 22.7 Å². The Morgan fingerprint density at radius 2 is 2.25 bits per heavy atom. The molecule has 1 saturated heterocycles. The van der Waals surface area contributed by atoms with Gasteiger partial charge in [-0.05, 0) is 30.2 Å². The second kappa shape index (κ2) is 4.14. The van der Waals surface area contributed by atoms with Gasteiger partial charge in [-0.2, -0.15) is 0 Å². The van der Waals surface area contributed by atoms with E-state index < -0.39 is 11.4 Å². The Balaban J connectivity index is 2.26. The lowest BCUT2D eigenvalue weighted by Gasteiger charge is -2.37. The summed E-state index contributed by atoms with van der Waals surface area (Å²) in [5.74, 6) is -1.26. The van der Waals surface area contributed by atoms with Gasteiger partial charge >= 0.3 is 5.97 Å². The summed E-state index contributed by atoms with van der Waals surface area (Å²) in [6, 6.07) is 4.27. The van der Waals surface area contributed by atoms with Gasteiger partial charge in [-0.3, -0.25) is 4.79 Å². The van der Waals surface area contributed by atoms with Crippen LogP contribution >= 0.6 is 15.9 Å². The largest absolute Gasteiger partial charge is 0.481 e. The van der Waals surface area contributed by atoms with Gasteiger partial charge in [0.05, 0.1) is 13.2 Å². The topological polar surface area (TPSA) is 46.5 Å². The minimum atomic E-state index is -0.894. The van der Waals surface area contributed by atoms with Gasteiger partial charge in [-0.1, -0.05) is 15.9 Å². The highest BCUT2D eigenvalue weighted by molar-refractivity contribution is 9.10. The maximum absolute atomic E-state index is 13.0. The summed E-state index contributed by atoms with van der Waals surface area (Å²) in [4.78, 5) is 11.1. The van der Waals surface area contributed by atoms with Crippen molar-refractivity contribution in [2.75, 3.05) is 13.2 Å². The smallest absolute Gasteiger partial charge is 0.314 e. The van der Waals surface area contributed by atoms with Gasteiger partial charge in [0, 0.05) is 4.47 Å². The van der Waals surface area contributed by atoms with E-state index in [4.69, 9.17) is 9.84 Å². The second-order valence-electron chi connectivity index (χ2n) is 3.99. The Morgan fingerprint density at radius 1 is 1.56 bits per heavy atom. The monoisotopic (exact) mass is 288 g/mol. The number of benzene rings is 1. The Kier molecular flexibility index (Phi) is 2.99. The molecule has 0 atom stereocenters. The molecule has 1 aromatic rings. The maximum atomic E-state index is 13.0. The van der Waals surface area contributed by atoms with Crippen LogP contribution in [0.4, 0.5) is 4.39 Å². The molecule has 1 heterocycles. The molecule has 0 aromatic heterocycles. The first-order valence-electron chi connectivity index (χ1n) is 4.79. The molecule has 1 aliphatic heterocycles. The highest BCUT2D eigenvalue weighted by atomic mass is 79.9. The van der Waals surface area contributed by atoms with Crippen LogP contribution in [0, 0.1) is 11.2 Å². The molecule has 1 N–H and O–H groups in total. The van der Waals surface area contributed by atoms with E-state index in [0.29, 0.717) is 5.56 Å². The number of halogens is 2. The Bertz CT molecular complexity index is 429. The minimum absolute atomic E-state index is 0.186. The fraction of sp³-hybridized carbons (Fsp3) is 0.364. The summed E-state index contributed by atoms with van der Waals surface area (Å²) in [7, 11) is 0. The number of carboxylic acids is 1. The molecule has 0 radical (unpaired) electrons. The molecule has 2 rings (SSSR count). The summed E-state index contributed by atoms with van der Waals surface area (Å²) in [5, 5.41) is 9.12. The predicted molar refractivity (Wildman–Crippen MR) is 58.7 cm³/mol. The highest BCUT2D eigenvalue weighted by Crippen LogP contribution is 2.34. The van der Waals surface area contributed by atoms with Crippen LogP contribution in [0.25, 0.3) is 0 Å². The van der Waals surface area contributed by atoms with Gasteiger partial charge in [0.15, 0.2) is 0 Å². The van der Waals surface area contributed by atoms with E-state index in [1.165, 1.54) is 12.1 Å². The minimum Gasteiger partial charge on any atom is -0.481 e. The summed E-state index contributed by atoms with van der Waals surface area (Å²) in [5.41, 5.74) is -0.234. The molecule has 1 aromatic carbocycles. The lowest BCUT2D eigenvalue weighted by molar-refractivity contribution is -0.179. The van der Waals surface area contributed by atoms with Gasteiger partial charge in [-0.25, -0.2) is 4.39 Å². The fourth-order valence-electron chi connectivity index (χ4n) is 1.69. The van der Waals surface area contributed by atoms with Crippen molar-refractivity contribution in [1.82, 2.24) is 0 Å². The molecule has 86 valence electrons. The summed E-state index contributed by atoms with van der Waals surface area (Å²) in [6.07, 6.45) is 0.278. The van der Waals surface area contributed by atoms with Crippen LogP contribution in [-0.4, -0.2) is 24.3 Å². The molecule has 0 spiro atoms. The predicted octanol–water partition coefficient (Wildman–Crippen LogP) is 2.23. The number of ether oxygens (including phenoxy) is 1. The van der Waals surface area contributed by atoms with Crippen molar-refractivity contribution in [3.8, 4) is 0 Å². The lowest BCUT2D eigenvalue weighted by atomic mass is 9.80. The van der Waals surface area contributed by atoms with Crippen molar-refractivity contribution in [2.45, 2.75) is 6.42 Å². The van der Waals surface area contributed by atoms with E-state index in [1.54, 1.807) is 6.07 Å². The molecule has 0 bridgehead atoms. The van der Waals surface area contributed by atoms with Crippen molar-refractivity contribution < 1.29 is 19.0 Å². The molecule has 1 fully saturated rings. The van der Waals surface area contributed by atoms with Crippen molar-refractivity contribution in [3.63, 3.8) is 0 Å². The fourth-order valence-corrected chi connectivity index (χ4v) is 2.08. The van der Waals surface area contributed by atoms with E-state index in [9.17, 15) is 9.18 Å². The van der Waals surface area contributed by atoms with Crippen LogP contribution in [0.2, 0.25) is 0 Å². The molecule has 0 amide bonds. The van der Waals surface area contributed by atoms with Crippen LogP contribution in [0.3, 0.4) is 0 Å². The number of carboxylic acid groups (broad SMARTS) is 1. The third-order valence-corrected chi connectivity index (χ3v) is 3.52. The standard InChI is InChI=1S/C11H10BrFO3/c12-9-2-1-8(13)3-7(9)4-11(10(14)15)5-16-6-11/h1-3H,4-6H2,(H,14,15). The molecule has 0 saturated carbocycles. The van der Waals surface area contributed by atoms with E-state index in [0.717, 1.165) is 4.47 Å². The van der Waals surface area contributed by atoms with Gasteiger partial charge in [0.25, 0.3) is 0 Å². The number of hydrogen-bond donors (Lipinski definition) is 1. The van der Waals surface area contributed by atoms with Gasteiger partial charge in [0.2, 0.25) is 0 Å². The maximum Gasteiger partial charge on any atom is 0.314 e. The van der Waals surface area contributed by atoms with Gasteiger partial charge < -0.3 is 9.84 Å². The first-order valence-corrected chi connectivity index (χ1v) is 5.58. The number of hydrogen-bond acceptors (Lipinski definition) is 2. The van der Waals surface area contributed by atoms with E-state index in [2.05, 4.69) is 15.9 Å². The normalized spacial score (nSPS) is 17.9. The molecule has 16 heavy (non-hydrogen) atoms. The summed E-state index contributed by atoms with van der Waals surface area (Å²) in [6.45, 7) is 0.372. The average Bonchev–Trinajstić information content (AvgIpc) is 2.16. The zero-order valence-corrected chi connectivity index (χ0v) is 9.96. The van der Waals surface area contributed by atoms with Crippen LogP contribution in [-0.2, 0) is 16.0 Å². The number of aliphatic carboxylic acids is 1. The van der Waals surface area contributed by atoms with Gasteiger partial charge in [0.1, 0.15) is 11.2 Å². The zero-order valence-electron chi connectivity index (χ0n) is 8.37. The van der Waals surface area contributed by atoms with Crippen LogP contribution in [0.5, 0.6) is 0 Å². The molecule has 5 heteroatoms. The van der Waals surface area contributed by atoms with Crippen LogP contribution in [0.1, 0.15) is 5.56 Å². The zero-order chi connectivity index (χ0) is 11.8. The third kappa shape index (κ3) is 1.97.